The highest BCUT2D eigenvalue weighted by Gasteiger charge is 2.29. The average molecular weight is 252 g/mol. The average Bonchev–Trinajstić information content (AvgIpc) is 2.81. The van der Waals surface area contributed by atoms with Crippen molar-refractivity contribution in [1.29, 1.82) is 0 Å². The molecule has 2 rings (SSSR count). The van der Waals surface area contributed by atoms with Crippen LogP contribution in [-0.2, 0) is 0 Å². The van der Waals surface area contributed by atoms with E-state index in [1.165, 1.54) is 31.2 Å². The van der Waals surface area contributed by atoms with Gasteiger partial charge in [0.2, 0.25) is 0 Å². The van der Waals surface area contributed by atoms with Crippen molar-refractivity contribution in [2.45, 2.75) is 38.6 Å². The fourth-order valence-corrected chi connectivity index (χ4v) is 3.26. The van der Waals surface area contributed by atoms with Gasteiger partial charge in [0.1, 0.15) is 0 Å². The van der Waals surface area contributed by atoms with Crippen LogP contribution in [0.4, 0.5) is 0 Å². The van der Waals surface area contributed by atoms with Gasteiger partial charge in [-0.2, -0.15) is 0 Å². The van der Waals surface area contributed by atoms with Crippen LogP contribution in [0.15, 0.2) is 24.3 Å². The minimum absolute atomic E-state index is 0.490. The molecule has 0 aromatic heterocycles. The summed E-state index contributed by atoms with van der Waals surface area (Å²) in [6, 6.07) is 8.79. The van der Waals surface area contributed by atoms with Gasteiger partial charge in [-0.1, -0.05) is 43.5 Å². The lowest BCUT2D eigenvalue weighted by Gasteiger charge is -2.24. The van der Waals surface area contributed by atoms with E-state index in [4.69, 9.17) is 11.6 Å². The van der Waals surface area contributed by atoms with Crippen molar-refractivity contribution in [3.8, 4) is 0 Å². The van der Waals surface area contributed by atoms with Gasteiger partial charge in [0, 0.05) is 11.1 Å². The Bertz CT molecular complexity index is 346. The number of hydrogen-bond acceptors (Lipinski definition) is 1. The molecule has 1 aromatic rings. The second-order valence-electron chi connectivity index (χ2n) is 5.17. The van der Waals surface area contributed by atoms with Gasteiger partial charge in [-0.05, 0) is 49.4 Å². The van der Waals surface area contributed by atoms with E-state index in [2.05, 4.69) is 31.4 Å². The number of halogens is 1. The van der Waals surface area contributed by atoms with Gasteiger partial charge in [0.05, 0.1) is 0 Å². The molecule has 0 bridgehead atoms. The van der Waals surface area contributed by atoms with Crippen LogP contribution >= 0.6 is 11.6 Å². The lowest BCUT2D eigenvalue weighted by Crippen LogP contribution is -2.23. The molecule has 1 fully saturated rings. The molecule has 0 aliphatic heterocycles. The molecule has 1 nitrogen and oxygen atoms in total. The molecular weight excluding hydrogens is 230 g/mol. The first-order valence-electron chi connectivity index (χ1n) is 6.67. The molecule has 1 saturated carbocycles. The lowest BCUT2D eigenvalue weighted by molar-refractivity contribution is 0.372. The largest absolute Gasteiger partial charge is 0.313 e. The molecular formula is C15H22ClN. The van der Waals surface area contributed by atoms with Gasteiger partial charge < -0.3 is 5.32 Å². The predicted molar refractivity (Wildman–Crippen MR) is 74.4 cm³/mol. The molecule has 3 unspecified atom stereocenters. The van der Waals surface area contributed by atoms with Crippen LogP contribution in [0.1, 0.15) is 44.2 Å². The van der Waals surface area contributed by atoms with Crippen molar-refractivity contribution in [3.05, 3.63) is 34.9 Å². The van der Waals surface area contributed by atoms with Crippen molar-refractivity contribution in [2.24, 2.45) is 11.8 Å². The van der Waals surface area contributed by atoms with Crippen LogP contribution in [0.3, 0.4) is 0 Å². The normalized spacial score (nSPS) is 26.1. The molecule has 0 heterocycles. The zero-order valence-electron chi connectivity index (χ0n) is 10.7. The van der Waals surface area contributed by atoms with E-state index in [-0.39, 0.29) is 0 Å². The topological polar surface area (TPSA) is 12.0 Å². The Labute approximate surface area is 110 Å². The van der Waals surface area contributed by atoms with E-state index in [0.29, 0.717) is 6.04 Å². The van der Waals surface area contributed by atoms with Crippen LogP contribution in [0.2, 0.25) is 5.02 Å². The van der Waals surface area contributed by atoms with Crippen molar-refractivity contribution in [1.82, 2.24) is 5.32 Å². The summed E-state index contributed by atoms with van der Waals surface area (Å²) in [6.45, 7) is 2.31. The highest BCUT2D eigenvalue weighted by atomic mass is 35.5. The Morgan fingerprint density at radius 3 is 2.53 bits per heavy atom. The summed E-state index contributed by atoms with van der Waals surface area (Å²) in [7, 11) is 2.07. The third kappa shape index (κ3) is 3.02. The Hall–Kier alpha value is -0.530. The number of hydrogen-bond donors (Lipinski definition) is 1. The monoisotopic (exact) mass is 251 g/mol. The van der Waals surface area contributed by atoms with Crippen LogP contribution in [0, 0.1) is 11.8 Å². The highest BCUT2D eigenvalue weighted by molar-refractivity contribution is 6.30. The van der Waals surface area contributed by atoms with Gasteiger partial charge in [0.15, 0.2) is 0 Å². The Morgan fingerprint density at radius 2 is 2.00 bits per heavy atom. The van der Waals surface area contributed by atoms with E-state index in [1.54, 1.807) is 0 Å². The second kappa shape index (κ2) is 5.88. The number of nitrogens with one attached hydrogen (secondary N) is 1. The summed E-state index contributed by atoms with van der Waals surface area (Å²) in [6.07, 6.45) is 5.44. The number of rotatable bonds is 4. The molecule has 2 heteroatoms. The molecule has 94 valence electrons. The van der Waals surface area contributed by atoms with E-state index in [9.17, 15) is 0 Å². The van der Waals surface area contributed by atoms with Crippen molar-refractivity contribution in [3.63, 3.8) is 0 Å². The summed E-state index contributed by atoms with van der Waals surface area (Å²) < 4.78 is 0. The molecule has 17 heavy (non-hydrogen) atoms. The predicted octanol–water partition coefficient (Wildman–Crippen LogP) is 4.43. The van der Waals surface area contributed by atoms with Crippen molar-refractivity contribution < 1.29 is 0 Å². The fourth-order valence-electron chi connectivity index (χ4n) is 3.13. The van der Waals surface area contributed by atoms with Gasteiger partial charge in [-0.25, -0.2) is 0 Å². The molecule has 0 amide bonds. The third-order valence-electron chi connectivity index (χ3n) is 4.17. The van der Waals surface area contributed by atoms with E-state index >= 15 is 0 Å². The fraction of sp³-hybridized carbons (Fsp3) is 0.600. The minimum atomic E-state index is 0.490. The summed E-state index contributed by atoms with van der Waals surface area (Å²) >= 11 is 5.94. The highest BCUT2D eigenvalue weighted by Crippen LogP contribution is 2.40. The SMILES string of the molecule is CCC1CCC(C(NC)c2ccc(Cl)cc2)C1. The maximum absolute atomic E-state index is 5.94. The van der Waals surface area contributed by atoms with E-state index < -0.39 is 0 Å². The molecule has 1 aliphatic carbocycles. The zero-order valence-corrected chi connectivity index (χ0v) is 11.5. The molecule has 0 spiro atoms. The molecule has 0 saturated heterocycles. The summed E-state index contributed by atoms with van der Waals surface area (Å²) in [5.41, 5.74) is 1.37. The zero-order chi connectivity index (χ0) is 12.3. The van der Waals surface area contributed by atoms with Gasteiger partial charge in [-0.15, -0.1) is 0 Å². The van der Waals surface area contributed by atoms with Gasteiger partial charge in [-0.3, -0.25) is 0 Å². The van der Waals surface area contributed by atoms with Crippen LogP contribution in [0.25, 0.3) is 0 Å². The van der Waals surface area contributed by atoms with Crippen molar-refractivity contribution in [2.75, 3.05) is 7.05 Å². The van der Waals surface area contributed by atoms with Crippen molar-refractivity contribution >= 4 is 11.6 Å². The van der Waals surface area contributed by atoms with Crippen LogP contribution in [0.5, 0.6) is 0 Å². The first-order chi connectivity index (χ1) is 8.24. The maximum atomic E-state index is 5.94. The molecule has 3 atom stereocenters. The summed E-state index contributed by atoms with van der Waals surface area (Å²) in [5, 5.41) is 4.30. The molecule has 0 radical (unpaired) electrons. The maximum Gasteiger partial charge on any atom is 0.0406 e. The minimum Gasteiger partial charge on any atom is -0.313 e. The first-order valence-corrected chi connectivity index (χ1v) is 7.05. The first kappa shape index (κ1) is 12.9. The van der Waals surface area contributed by atoms with Gasteiger partial charge >= 0.3 is 0 Å². The quantitative estimate of drug-likeness (QED) is 0.835. The Balaban J connectivity index is 2.08. The second-order valence-corrected chi connectivity index (χ2v) is 5.60. The number of benzene rings is 1. The van der Waals surface area contributed by atoms with E-state index in [1.807, 2.05) is 12.1 Å². The van der Waals surface area contributed by atoms with Gasteiger partial charge in [0.25, 0.3) is 0 Å². The van der Waals surface area contributed by atoms with E-state index in [0.717, 1.165) is 16.9 Å². The molecule has 1 aliphatic rings. The third-order valence-corrected chi connectivity index (χ3v) is 4.42. The van der Waals surface area contributed by atoms with Crippen LogP contribution < -0.4 is 5.32 Å². The summed E-state index contributed by atoms with van der Waals surface area (Å²) in [4.78, 5) is 0. The smallest absolute Gasteiger partial charge is 0.0406 e. The summed E-state index contributed by atoms with van der Waals surface area (Å²) in [5.74, 6) is 1.72. The van der Waals surface area contributed by atoms with Crippen LogP contribution in [-0.4, -0.2) is 7.05 Å². The Kier molecular flexibility index (Phi) is 4.47. The lowest BCUT2D eigenvalue weighted by atomic mass is 9.90. The standard InChI is InChI=1S/C15H22ClN/c1-3-11-4-5-13(10-11)15(17-2)12-6-8-14(16)9-7-12/h6-9,11,13,15,17H,3-5,10H2,1-2H3. The molecule has 1 aromatic carbocycles. The molecule has 1 N–H and O–H groups in total. The Morgan fingerprint density at radius 1 is 1.29 bits per heavy atom.